The van der Waals surface area contributed by atoms with Gasteiger partial charge >= 0.3 is 6.18 Å². The van der Waals surface area contributed by atoms with Crippen LogP contribution in [0.3, 0.4) is 0 Å². The van der Waals surface area contributed by atoms with E-state index in [1.807, 2.05) is 0 Å². The highest BCUT2D eigenvalue weighted by molar-refractivity contribution is 5.76. The SMILES string of the molecule is OC[C@@H](O)[C@@H](O)[C@H](O)c1nc2ccc(C(F)(F)F)cc2[nH]1. The highest BCUT2D eigenvalue weighted by Crippen LogP contribution is 2.31. The van der Waals surface area contributed by atoms with Crippen molar-refractivity contribution < 1.29 is 33.6 Å². The molecule has 0 aliphatic rings. The number of nitrogens with zero attached hydrogens (tertiary/aromatic N) is 1. The predicted molar refractivity (Wildman–Crippen MR) is 65.2 cm³/mol. The van der Waals surface area contributed by atoms with Gasteiger partial charge in [-0.25, -0.2) is 4.98 Å². The highest BCUT2D eigenvalue weighted by Gasteiger charge is 2.31. The van der Waals surface area contributed by atoms with Gasteiger partial charge in [0, 0.05) is 0 Å². The number of aliphatic hydroxyl groups is 4. The quantitative estimate of drug-likeness (QED) is 0.559. The molecule has 0 saturated carbocycles. The summed E-state index contributed by atoms with van der Waals surface area (Å²) in [4.78, 5) is 6.30. The second-order valence-corrected chi connectivity index (χ2v) is 4.54. The number of rotatable bonds is 4. The normalized spacial score (nSPS) is 16.9. The Hall–Kier alpha value is -1.68. The predicted octanol–water partition coefficient (Wildman–Crippen LogP) is 0.329. The number of alkyl halides is 3. The molecule has 0 aliphatic carbocycles. The van der Waals surface area contributed by atoms with Crippen molar-refractivity contribution in [1.29, 1.82) is 0 Å². The van der Waals surface area contributed by atoms with Gasteiger partial charge in [-0.15, -0.1) is 0 Å². The number of benzene rings is 1. The molecule has 0 bridgehead atoms. The maximum Gasteiger partial charge on any atom is 0.416 e. The topological polar surface area (TPSA) is 110 Å². The van der Waals surface area contributed by atoms with Crippen LogP contribution in [-0.2, 0) is 6.18 Å². The van der Waals surface area contributed by atoms with E-state index in [4.69, 9.17) is 5.11 Å². The first-order valence-corrected chi connectivity index (χ1v) is 5.96. The lowest BCUT2D eigenvalue weighted by Crippen LogP contribution is -2.35. The first kappa shape index (κ1) is 15.7. The fourth-order valence-electron chi connectivity index (χ4n) is 1.83. The zero-order valence-corrected chi connectivity index (χ0v) is 10.5. The van der Waals surface area contributed by atoms with Crippen LogP contribution in [0.5, 0.6) is 0 Å². The summed E-state index contributed by atoms with van der Waals surface area (Å²) in [6.45, 7) is -0.781. The molecule has 1 aromatic carbocycles. The van der Waals surface area contributed by atoms with Crippen LogP contribution in [-0.4, -0.2) is 49.2 Å². The molecule has 0 saturated heterocycles. The Morgan fingerprint density at radius 2 is 1.86 bits per heavy atom. The van der Waals surface area contributed by atoms with Crippen LogP contribution in [0.15, 0.2) is 18.2 Å². The molecule has 0 radical (unpaired) electrons. The minimum Gasteiger partial charge on any atom is -0.394 e. The molecular weight excluding hydrogens is 293 g/mol. The van der Waals surface area contributed by atoms with E-state index in [-0.39, 0.29) is 16.9 Å². The van der Waals surface area contributed by atoms with Crippen LogP contribution >= 0.6 is 0 Å². The van der Waals surface area contributed by atoms with Crippen molar-refractivity contribution in [3.8, 4) is 0 Å². The van der Waals surface area contributed by atoms with Crippen molar-refractivity contribution >= 4 is 11.0 Å². The van der Waals surface area contributed by atoms with Gasteiger partial charge in [0.15, 0.2) is 0 Å². The molecule has 0 aliphatic heterocycles. The Morgan fingerprint density at radius 3 is 2.43 bits per heavy atom. The maximum absolute atomic E-state index is 12.6. The fraction of sp³-hybridized carbons (Fsp3) is 0.417. The van der Waals surface area contributed by atoms with Gasteiger partial charge in [0.1, 0.15) is 24.1 Å². The summed E-state index contributed by atoms with van der Waals surface area (Å²) in [7, 11) is 0. The number of imidazole rings is 1. The second kappa shape index (κ2) is 5.60. The number of fused-ring (bicyclic) bond motifs is 1. The Kier molecular flexibility index (Phi) is 4.19. The fourth-order valence-corrected chi connectivity index (χ4v) is 1.83. The third-order valence-corrected chi connectivity index (χ3v) is 3.01. The summed E-state index contributed by atoms with van der Waals surface area (Å²) in [5.74, 6) is -0.204. The first-order valence-electron chi connectivity index (χ1n) is 5.96. The molecule has 0 amide bonds. The molecule has 21 heavy (non-hydrogen) atoms. The van der Waals surface area contributed by atoms with Crippen molar-refractivity contribution in [2.24, 2.45) is 0 Å². The number of H-pyrrole nitrogens is 1. The van der Waals surface area contributed by atoms with Gasteiger partial charge in [0.25, 0.3) is 0 Å². The summed E-state index contributed by atoms with van der Waals surface area (Å²) in [5, 5.41) is 37.3. The monoisotopic (exact) mass is 306 g/mol. The van der Waals surface area contributed by atoms with Crippen LogP contribution in [0.4, 0.5) is 13.2 Å². The summed E-state index contributed by atoms with van der Waals surface area (Å²) < 4.78 is 37.7. The zero-order valence-electron chi connectivity index (χ0n) is 10.5. The lowest BCUT2D eigenvalue weighted by atomic mass is 10.1. The maximum atomic E-state index is 12.6. The molecule has 0 fully saturated rings. The third kappa shape index (κ3) is 3.16. The molecule has 116 valence electrons. The minimum atomic E-state index is -4.51. The van der Waals surface area contributed by atoms with E-state index in [0.29, 0.717) is 0 Å². The molecule has 9 heteroatoms. The van der Waals surface area contributed by atoms with Gasteiger partial charge in [-0.05, 0) is 18.2 Å². The molecule has 0 spiro atoms. The van der Waals surface area contributed by atoms with Gasteiger partial charge in [-0.1, -0.05) is 0 Å². The van der Waals surface area contributed by atoms with E-state index in [1.165, 1.54) is 0 Å². The number of aliphatic hydroxyl groups excluding tert-OH is 4. The Bertz CT molecular complexity index is 628. The van der Waals surface area contributed by atoms with Crippen LogP contribution in [0, 0.1) is 0 Å². The van der Waals surface area contributed by atoms with E-state index in [2.05, 4.69) is 9.97 Å². The standard InChI is InChI=1S/C12H13F3N2O4/c13-12(14,15)5-1-2-6-7(3-5)17-11(16-6)10(21)9(20)8(19)4-18/h1-3,8-10,18-21H,4H2,(H,16,17)/t8-,9-,10+/m1/s1. The van der Waals surface area contributed by atoms with Crippen molar-refractivity contribution in [3.05, 3.63) is 29.6 Å². The number of hydrogen-bond acceptors (Lipinski definition) is 5. The molecule has 5 N–H and O–H groups in total. The number of halogens is 3. The average molecular weight is 306 g/mol. The second-order valence-electron chi connectivity index (χ2n) is 4.54. The highest BCUT2D eigenvalue weighted by atomic mass is 19.4. The Labute approximate surface area is 116 Å². The Morgan fingerprint density at radius 1 is 1.19 bits per heavy atom. The van der Waals surface area contributed by atoms with Gasteiger partial charge in [0.2, 0.25) is 0 Å². The van der Waals surface area contributed by atoms with Crippen LogP contribution in [0.25, 0.3) is 11.0 Å². The number of nitrogens with one attached hydrogen (secondary N) is 1. The average Bonchev–Trinajstić information content (AvgIpc) is 2.86. The third-order valence-electron chi connectivity index (χ3n) is 3.01. The van der Waals surface area contributed by atoms with E-state index < -0.39 is 36.7 Å². The van der Waals surface area contributed by atoms with E-state index in [0.717, 1.165) is 18.2 Å². The van der Waals surface area contributed by atoms with E-state index in [1.54, 1.807) is 0 Å². The van der Waals surface area contributed by atoms with Gasteiger partial charge in [0.05, 0.1) is 23.2 Å². The van der Waals surface area contributed by atoms with Gasteiger partial charge in [-0.2, -0.15) is 13.2 Å². The lowest BCUT2D eigenvalue weighted by molar-refractivity contribution is -0.137. The smallest absolute Gasteiger partial charge is 0.394 e. The molecule has 1 aromatic heterocycles. The van der Waals surface area contributed by atoms with Crippen LogP contribution in [0.2, 0.25) is 0 Å². The molecule has 3 atom stereocenters. The van der Waals surface area contributed by atoms with E-state index in [9.17, 15) is 28.5 Å². The van der Waals surface area contributed by atoms with Crippen molar-refractivity contribution in [2.45, 2.75) is 24.5 Å². The molecule has 6 nitrogen and oxygen atoms in total. The summed E-state index contributed by atoms with van der Waals surface area (Å²) in [5.41, 5.74) is -0.678. The van der Waals surface area contributed by atoms with Crippen LogP contribution < -0.4 is 0 Å². The van der Waals surface area contributed by atoms with Crippen molar-refractivity contribution in [1.82, 2.24) is 9.97 Å². The Balaban J connectivity index is 2.35. The molecule has 2 rings (SSSR count). The van der Waals surface area contributed by atoms with Crippen molar-refractivity contribution in [2.75, 3.05) is 6.61 Å². The number of aromatic nitrogens is 2. The van der Waals surface area contributed by atoms with Gasteiger partial charge in [-0.3, -0.25) is 0 Å². The summed E-state index contributed by atoms with van der Waals surface area (Å²) in [6.07, 6.45) is -9.50. The molecular formula is C12H13F3N2O4. The largest absolute Gasteiger partial charge is 0.416 e. The van der Waals surface area contributed by atoms with Gasteiger partial charge < -0.3 is 25.4 Å². The summed E-state index contributed by atoms with van der Waals surface area (Å²) >= 11 is 0. The lowest BCUT2D eigenvalue weighted by Gasteiger charge is -2.19. The first-order chi connectivity index (χ1) is 9.74. The molecule has 2 aromatic rings. The molecule has 0 unspecified atom stereocenters. The zero-order chi connectivity index (χ0) is 15.8. The number of aromatic amines is 1. The van der Waals surface area contributed by atoms with Crippen LogP contribution in [0.1, 0.15) is 17.5 Å². The molecule has 1 heterocycles. The van der Waals surface area contributed by atoms with Crippen molar-refractivity contribution in [3.63, 3.8) is 0 Å². The minimum absolute atomic E-state index is 0.0320. The van der Waals surface area contributed by atoms with E-state index >= 15 is 0 Å². The summed E-state index contributed by atoms with van der Waals surface area (Å²) in [6, 6.07) is 2.80. The number of hydrogen-bond donors (Lipinski definition) is 5.